The van der Waals surface area contributed by atoms with Crippen molar-refractivity contribution in [2.45, 2.75) is 72.3 Å². The number of hydrogen-bond acceptors (Lipinski definition) is 9. The van der Waals surface area contributed by atoms with E-state index in [1.165, 1.54) is 11.1 Å². The second-order valence-corrected chi connectivity index (χ2v) is 15.1. The molecule has 1 aromatic carbocycles. The number of aromatic nitrogens is 4. The number of morpholine rings is 1. The van der Waals surface area contributed by atoms with Gasteiger partial charge in [0, 0.05) is 70.6 Å². The van der Waals surface area contributed by atoms with E-state index in [2.05, 4.69) is 84.6 Å². The smallest absolute Gasteiger partial charge is 0.323 e. The molecule has 3 aromatic rings. The van der Waals surface area contributed by atoms with Crippen molar-refractivity contribution < 1.29 is 14.3 Å². The third-order valence-corrected chi connectivity index (χ3v) is 9.92. The van der Waals surface area contributed by atoms with Gasteiger partial charge in [-0.2, -0.15) is 0 Å². The number of ether oxygens (including phenoxy) is 2. The van der Waals surface area contributed by atoms with Gasteiger partial charge in [0.1, 0.15) is 24.3 Å². The van der Waals surface area contributed by atoms with Crippen LogP contribution in [0.4, 0.5) is 0 Å². The van der Waals surface area contributed by atoms with Crippen molar-refractivity contribution in [3.63, 3.8) is 0 Å². The Kier molecular flexibility index (Phi) is 11.1. The van der Waals surface area contributed by atoms with E-state index in [1.807, 2.05) is 12.4 Å². The zero-order valence-corrected chi connectivity index (χ0v) is 28.6. The van der Waals surface area contributed by atoms with Gasteiger partial charge in [0.05, 0.1) is 26.3 Å². The van der Waals surface area contributed by atoms with E-state index in [9.17, 15) is 4.79 Å². The Bertz CT molecular complexity index is 1320. The molecule has 0 unspecified atom stereocenters. The molecule has 1 spiro atoms. The van der Waals surface area contributed by atoms with Crippen LogP contribution in [0.25, 0.3) is 0 Å². The molecule has 11 nitrogen and oxygen atoms in total. The van der Waals surface area contributed by atoms with Gasteiger partial charge in [-0.25, -0.2) is 9.97 Å². The molecular formula is C36H54N8O3. The van der Waals surface area contributed by atoms with E-state index in [4.69, 9.17) is 9.47 Å². The van der Waals surface area contributed by atoms with E-state index in [-0.39, 0.29) is 17.4 Å². The van der Waals surface area contributed by atoms with E-state index in [0.717, 1.165) is 103 Å². The number of rotatable bonds is 13. The average molecular weight is 647 g/mol. The minimum absolute atomic E-state index is 0.0598. The number of imidazole rings is 2. The summed E-state index contributed by atoms with van der Waals surface area (Å²) in [5.74, 6) is 1.81. The number of likely N-dealkylation sites (tertiary alicyclic amines) is 2. The molecule has 3 aliphatic rings. The van der Waals surface area contributed by atoms with E-state index in [1.54, 1.807) is 12.4 Å². The Morgan fingerprint density at radius 1 is 0.936 bits per heavy atom. The molecule has 0 aliphatic carbocycles. The average Bonchev–Trinajstić information content (AvgIpc) is 3.82. The van der Waals surface area contributed by atoms with Crippen molar-refractivity contribution in [1.82, 2.24) is 39.5 Å². The molecule has 0 amide bonds. The van der Waals surface area contributed by atoms with Crippen LogP contribution < -0.4 is 0 Å². The largest absolute Gasteiger partial charge is 0.463 e. The topological polar surface area (TPSA) is 106 Å². The van der Waals surface area contributed by atoms with E-state index < -0.39 is 0 Å². The second kappa shape index (κ2) is 15.4. The van der Waals surface area contributed by atoms with Gasteiger partial charge in [0.15, 0.2) is 0 Å². The first-order valence-corrected chi connectivity index (χ1v) is 17.4. The Labute approximate surface area is 280 Å². The highest BCUT2D eigenvalue weighted by Gasteiger charge is 2.48. The SMILES string of the molecule is CC(C)(C)CN1CCC2(CC1)C[C@@H](C(=O)OCCN1CCOCC1)N(Cc1ccc(CN(Cc3ncc[nH]3)Cc3ncc[nH]3)cc1)C2. The molecular weight excluding hydrogens is 592 g/mol. The van der Waals surface area contributed by atoms with Crippen LogP contribution in [0.15, 0.2) is 49.1 Å². The number of carbonyl (C=O) groups is 1. The van der Waals surface area contributed by atoms with Gasteiger partial charge in [-0.15, -0.1) is 0 Å². The molecule has 6 rings (SSSR count). The van der Waals surface area contributed by atoms with Crippen molar-refractivity contribution in [2.75, 3.05) is 65.6 Å². The van der Waals surface area contributed by atoms with Crippen LogP contribution in [0.3, 0.4) is 0 Å². The van der Waals surface area contributed by atoms with Gasteiger partial charge in [0.25, 0.3) is 0 Å². The van der Waals surface area contributed by atoms with Gasteiger partial charge < -0.3 is 24.3 Å². The van der Waals surface area contributed by atoms with Crippen LogP contribution in [0.1, 0.15) is 62.8 Å². The maximum atomic E-state index is 13.7. The molecule has 3 aliphatic heterocycles. The van der Waals surface area contributed by atoms with Crippen LogP contribution in [0, 0.1) is 10.8 Å². The lowest BCUT2D eigenvalue weighted by Gasteiger charge is -2.41. The number of benzene rings is 1. The van der Waals surface area contributed by atoms with E-state index >= 15 is 0 Å². The lowest BCUT2D eigenvalue weighted by atomic mass is 9.76. The molecule has 2 aromatic heterocycles. The van der Waals surface area contributed by atoms with Crippen molar-refractivity contribution in [3.05, 3.63) is 71.8 Å². The number of esters is 1. The van der Waals surface area contributed by atoms with Gasteiger partial charge in [-0.05, 0) is 54.3 Å². The summed E-state index contributed by atoms with van der Waals surface area (Å²) in [5.41, 5.74) is 2.92. The highest BCUT2D eigenvalue weighted by molar-refractivity contribution is 5.76. The highest BCUT2D eigenvalue weighted by Crippen LogP contribution is 2.44. The number of nitrogens with one attached hydrogen (secondary N) is 2. The van der Waals surface area contributed by atoms with Crippen LogP contribution in [0.5, 0.6) is 0 Å². The standard InChI is InChI=1S/C36H54N8O3/c1-35(2,3)27-42-14-8-36(9-15-42)22-31(34(45)47-21-18-41-16-19-46-20-17-41)44(28-36)24-30-6-4-29(5-7-30)23-43(25-32-37-10-11-38-32)26-33-39-12-13-40-33/h4-7,10-13,31H,8-9,14-28H2,1-3H3,(H,37,38)(H,39,40)/t31-/m0/s1. The first kappa shape index (κ1) is 33.8. The molecule has 0 saturated carbocycles. The summed E-state index contributed by atoms with van der Waals surface area (Å²) in [6.45, 7) is 18.7. The third kappa shape index (κ3) is 9.73. The molecule has 47 heavy (non-hydrogen) atoms. The predicted octanol–water partition coefficient (Wildman–Crippen LogP) is 3.91. The molecule has 5 heterocycles. The number of aromatic amines is 2. The molecule has 1 atom stereocenters. The second-order valence-electron chi connectivity index (χ2n) is 15.1. The van der Waals surface area contributed by atoms with Crippen LogP contribution >= 0.6 is 0 Å². The fourth-order valence-corrected chi connectivity index (χ4v) is 7.56. The highest BCUT2D eigenvalue weighted by atomic mass is 16.5. The normalized spacial score (nSPS) is 21.1. The molecule has 256 valence electrons. The number of nitrogens with zero attached hydrogens (tertiary/aromatic N) is 6. The van der Waals surface area contributed by atoms with Crippen molar-refractivity contribution >= 4 is 5.97 Å². The summed E-state index contributed by atoms with van der Waals surface area (Å²) in [6, 6.07) is 8.69. The number of carbonyl (C=O) groups excluding carboxylic acids is 1. The van der Waals surface area contributed by atoms with E-state index in [0.29, 0.717) is 25.1 Å². The Morgan fingerprint density at radius 3 is 2.17 bits per heavy atom. The summed E-state index contributed by atoms with van der Waals surface area (Å²) in [6.07, 6.45) is 10.5. The van der Waals surface area contributed by atoms with Gasteiger partial charge in [-0.3, -0.25) is 19.5 Å². The summed E-state index contributed by atoms with van der Waals surface area (Å²) < 4.78 is 11.4. The van der Waals surface area contributed by atoms with Crippen molar-refractivity contribution in [3.8, 4) is 0 Å². The number of piperidine rings is 1. The molecule has 0 bridgehead atoms. The van der Waals surface area contributed by atoms with Crippen LogP contribution in [-0.4, -0.2) is 117 Å². The monoisotopic (exact) mass is 646 g/mol. The van der Waals surface area contributed by atoms with Gasteiger partial charge >= 0.3 is 5.97 Å². The minimum atomic E-state index is -0.203. The van der Waals surface area contributed by atoms with Gasteiger partial charge in [0.2, 0.25) is 0 Å². The van der Waals surface area contributed by atoms with Crippen LogP contribution in [0.2, 0.25) is 0 Å². The Morgan fingerprint density at radius 2 is 1.57 bits per heavy atom. The molecule has 0 radical (unpaired) electrons. The summed E-state index contributed by atoms with van der Waals surface area (Å²) in [5, 5.41) is 0. The first-order chi connectivity index (χ1) is 22.7. The van der Waals surface area contributed by atoms with Crippen LogP contribution in [-0.2, 0) is 40.4 Å². The Balaban J connectivity index is 1.10. The fourth-order valence-electron chi connectivity index (χ4n) is 7.56. The minimum Gasteiger partial charge on any atom is -0.463 e. The number of hydrogen-bond donors (Lipinski definition) is 2. The third-order valence-electron chi connectivity index (χ3n) is 9.92. The van der Waals surface area contributed by atoms with Crippen molar-refractivity contribution in [1.29, 1.82) is 0 Å². The molecule has 3 saturated heterocycles. The van der Waals surface area contributed by atoms with Crippen molar-refractivity contribution in [2.24, 2.45) is 10.8 Å². The predicted molar refractivity (Wildman–Crippen MR) is 181 cm³/mol. The first-order valence-electron chi connectivity index (χ1n) is 17.4. The lowest BCUT2D eigenvalue weighted by molar-refractivity contribution is -0.149. The van der Waals surface area contributed by atoms with Gasteiger partial charge in [-0.1, -0.05) is 45.0 Å². The molecule has 2 N–H and O–H groups in total. The quantitative estimate of drug-likeness (QED) is 0.268. The maximum Gasteiger partial charge on any atom is 0.323 e. The maximum absolute atomic E-state index is 13.7. The summed E-state index contributed by atoms with van der Waals surface area (Å²) in [7, 11) is 0. The molecule has 11 heteroatoms. The molecule has 3 fully saturated rings. The zero-order chi connectivity index (χ0) is 32.7. The Hall–Kier alpha value is -3.09. The summed E-state index contributed by atoms with van der Waals surface area (Å²) in [4.78, 5) is 38.7. The lowest BCUT2D eigenvalue weighted by Crippen LogP contribution is -2.44. The number of H-pyrrole nitrogens is 2. The fraction of sp³-hybridized carbons (Fsp3) is 0.639. The summed E-state index contributed by atoms with van der Waals surface area (Å²) >= 11 is 0. The zero-order valence-electron chi connectivity index (χ0n) is 28.6.